The Kier molecular flexibility index (Phi) is 5.21. The number of halogens is 1. The molecular formula is C16H18ClNOS. The van der Waals surface area contributed by atoms with Gasteiger partial charge in [-0.3, -0.25) is 4.79 Å². The molecule has 0 aliphatic carbocycles. The molecule has 106 valence electrons. The molecule has 0 radical (unpaired) electrons. The van der Waals surface area contributed by atoms with Crippen LogP contribution in [-0.4, -0.2) is 23.9 Å². The zero-order valence-corrected chi connectivity index (χ0v) is 13.2. The average molecular weight is 308 g/mol. The number of hydrogen-bond acceptors (Lipinski definition) is 2. The van der Waals surface area contributed by atoms with Gasteiger partial charge in [0.05, 0.1) is 0 Å². The summed E-state index contributed by atoms with van der Waals surface area (Å²) in [7, 11) is 1.82. The predicted octanol–water partition coefficient (Wildman–Crippen LogP) is 4.12. The number of carbonyl (C=O) groups excluding carboxylic acids is 1. The van der Waals surface area contributed by atoms with Gasteiger partial charge in [0.1, 0.15) is 5.38 Å². The highest BCUT2D eigenvalue weighted by molar-refractivity contribution is 7.09. The molecule has 0 aliphatic rings. The summed E-state index contributed by atoms with van der Waals surface area (Å²) >= 11 is 8.00. The van der Waals surface area contributed by atoms with Crippen LogP contribution in [-0.2, 0) is 11.2 Å². The van der Waals surface area contributed by atoms with Crippen LogP contribution in [0.5, 0.6) is 0 Å². The van der Waals surface area contributed by atoms with Crippen LogP contribution in [0, 0.1) is 0 Å². The number of thiophene rings is 1. The van der Waals surface area contributed by atoms with E-state index in [1.165, 1.54) is 4.88 Å². The molecule has 20 heavy (non-hydrogen) atoms. The second kappa shape index (κ2) is 6.91. The lowest BCUT2D eigenvalue weighted by atomic mass is 10.1. The van der Waals surface area contributed by atoms with Crippen molar-refractivity contribution >= 4 is 28.8 Å². The highest BCUT2D eigenvalue weighted by atomic mass is 35.5. The van der Waals surface area contributed by atoms with E-state index in [4.69, 9.17) is 11.6 Å². The minimum absolute atomic E-state index is 0.0538. The minimum Gasteiger partial charge on any atom is -0.341 e. The standard InChI is InChI=1S/C16H18ClNOS/c1-12(11-14-9-6-10-20-14)18(2)16(19)15(17)13-7-4-3-5-8-13/h3-10,12,15H,11H2,1-2H3. The van der Waals surface area contributed by atoms with Crippen molar-refractivity contribution in [2.24, 2.45) is 0 Å². The SMILES string of the molecule is CC(Cc1cccs1)N(C)C(=O)C(Cl)c1ccccc1. The van der Waals surface area contributed by atoms with Crippen LogP contribution in [0.25, 0.3) is 0 Å². The maximum absolute atomic E-state index is 12.4. The fourth-order valence-electron chi connectivity index (χ4n) is 2.02. The third-order valence-electron chi connectivity index (χ3n) is 3.39. The number of hydrogen-bond donors (Lipinski definition) is 0. The lowest BCUT2D eigenvalue weighted by Crippen LogP contribution is -2.38. The van der Waals surface area contributed by atoms with E-state index in [0.29, 0.717) is 0 Å². The predicted molar refractivity (Wildman–Crippen MR) is 85.3 cm³/mol. The number of rotatable bonds is 5. The lowest BCUT2D eigenvalue weighted by Gasteiger charge is -2.26. The Morgan fingerprint density at radius 1 is 1.25 bits per heavy atom. The van der Waals surface area contributed by atoms with Crippen LogP contribution in [0.1, 0.15) is 22.7 Å². The average Bonchev–Trinajstić information content (AvgIpc) is 2.98. The molecule has 2 aromatic rings. The summed E-state index contributed by atoms with van der Waals surface area (Å²) in [4.78, 5) is 15.4. The largest absolute Gasteiger partial charge is 0.341 e. The Balaban J connectivity index is 2.01. The van der Waals surface area contributed by atoms with Crippen molar-refractivity contribution in [1.29, 1.82) is 0 Å². The number of alkyl halides is 1. The lowest BCUT2D eigenvalue weighted by molar-refractivity contribution is -0.131. The van der Waals surface area contributed by atoms with Crippen LogP contribution in [0.3, 0.4) is 0 Å². The maximum atomic E-state index is 12.4. The zero-order chi connectivity index (χ0) is 14.5. The van der Waals surface area contributed by atoms with Crippen molar-refractivity contribution in [2.45, 2.75) is 24.8 Å². The van der Waals surface area contributed by atoms with Gasteiger partial charge in [0, 0.05) is 24.4 Å². The van der Waals surface area contributed by atoms with Gasteiger partial charge in [-0.05, 0) is 23.9 Å². The Morgan fingerprint density at radius 3 is 2.55 bits per heavy atom. The maximum Gasteiger partial charge on any atom is 0.245 e. The molecule has 0 spiro atoms. The summed E-state index contributed by atoms with van der Waals surface area (Å²) in [6, 6.07) is 13.7. The highest BCUT2D eigenvalue weighted by Gasteiger charge is 2.24. The van der Waals surface area contributed by atoms with Crippen molar-refractivity contribution in [1.82, 2.24) is 4.90 Å². The molecule has 0 saturated heterocycles. The van der Waals surface area contributed by atoms with Crippen molar-refractivity contribution in [3.63, 3.8) is 0 Å². The molecule has 1 heterocycles. The van der Waals surface area contributed by atoms with E-state index < -0.39 is 5.38 Å². The smallest absolute Gasteiger partial charge is 0.245 e. The topological polar surface area (TPSA) is 20.3 Å². The van der Waals surface area contributed by atoms with Gasteiger partial charge in [-0.1, -0.05) is 36.4 Å². The van der Waals surface area contributed by atoms with Crippen molar-refractivity contribution < 1.29 is 4.79 Å². The Morgan fingerprint density at radius 2 is 1.95 bits per heavy atom. The number of amides is 1. The zero-order valence-electron chi connectivity index (χ0n) is 11.6. The van der Waals surface area contributed by atoms with E-state index >= 15 is 0 Å². The van der Waals surface area contributed by atoms with Gasteiger partial charge >= 0.3 is 0 Å². The third-order valence-corrected chi connectivity index (χ3v) is 4.73. The molecule has 0 saturated carbocycles. The fraction of sp³-hybridized carbons (Fsp3) is 0.312. The van der Waals surface area contributed by atoms with E-state index in [9.17, 15) is 4.79 Å². The number of carbonyl (C=O) groups is 1. The van der Waals surface area contributed by atoms with E-state index in [-0.39, 0.29) is 11.9 Å². The van der Waals surface area contributed by atoms with E-state index in [1.54, 1.807) is 16.2 Å². The normalized spacial score (nSPS) is 13.8. The molecule has 2 nitrogen and oxygen atoms in total. The fourth-order valence-corrected chi connectivity index (χ4v) is 3.14. The summed E-state index contributed by atoms with van der Waals surface area (Å²) in [5.74, 6) is -0.0538. The van der Waals surface area contributed by atoms with E-state index in [0.717, 1.165) is 12.0 Å². The molecule has 1 aromatic heterocycles. The molecule has 0 aliphatic heterocycles. The van der Waals surface area contributed by atoms with Gasteiger partial charge in [0.15, 0.2) is 0 Å². The van der Waals surface area contributed by atoms with Crippen LogP contribution < -0.4 is 0 Å². The minimum atomic E-state index is -0.619. The molecule has 0 fully saturated rings. The molecule has 2 rings (SSSR count). The Labute approximate surface area is 129 Å². The number of nitrogens with zero attached hydrogens (tertiary/aromatic N) is 1. The van der Waals surface area contributed by atoms with Gasteiger partial charge < -0.3 is 4.90 Å². The number of benzene rings is 1. The molecule has 0 bridgehead atoms. The first-order valence-corrected chi connectivity index (χ1v) is 7.89. The summed E-state index contributed by atoms with van der Waals surface area (Å²) in [6.07, 6.45) is 0.859. The second-order valence-corrected chi connectivity index (χ2v) is 6.32. The second-order valence-electron chi connectivity index (χ2n) is 4.85. The molecule has 0 N–H and O–H groups in total. The summed E-state index contributed by atoms with van der Waals surface area (Å²) in [5, 5.41) is 1.44. The first-order chi connectivity index (χ1) is 9.59. The first kappa shape index (κ1) is 15.1. The Hall–Kier alpha value is -1.32. The monoisotopic (exact) mass is 307 g/mol. The van der Waals surface area contributed by atoms with Crippen molar-refractivity contribution in [3.8, 4) is 0 Å². The van der Waals surface area contributed by atoms with Crippen LogP contribution in [0.2, 0.25) is 0 Å². The van der Waals surface area contributed by atoms with Gasteiger partial charge in [-0.15, -0.1) is 22.9 Å². The molecule has 1 amide bonds. The summed E-state index contributed by atoms with van der Waals surface area (Å²) in [5.41, 5.74) is 0.842. The molecule has 2 unspecified atom stereocenters. The van der Waals surface area contributed by atoms with Crippen molar-refractivity contribution in [2.75, 3.05) is 7.05 Å². The van der Waals surface area contributed by atoms with Crippen LogP contribution in [0.15, 0.2) is 47.8 Å². The van der Waals surface area contributed by atoms with Gasteiger partial charge in [-0.25, -0.2) is 0 Å². The Bertz CT molecular complexity index is 541. The number of likely N-dealkylation sites (N-methyl/N-ethyl adjacent to an activating group) is 1. The van der Waals surface area contributed by atoms with E-state index in [2.05, 4.69) is 11.4 Å². The van der Waals surface area contributed by atoms with Crippen LogP contribution in [0.4, 0.5) is 0 Å². The molecule has 1 aromatic carbocycles. The molecule has 2 atom stereocenters. The van der Waals surface area contributed by atoms with Crippen LogP contribution >= 0.6 is 22.9 Å². The molecule has 4 heteroatoms. The third kappa shape index (κ3) is 3.62. The first-order valence-electron chi connectivity index (χ1n) is 6.57. The molecular weight excluding hydrogens is 290 g/mol. The summed E-state index contributed by atoms with van der Waals surface area (Å²) in [6.45, 7) is 2.05. The highest BCUT2D eigenvalue weighted by Crippen LogP contribution is 2.24. The van der Waals surface area contributed by atoms with Gasteiger partial charge in [0.2, 0.25) is 5.91 Å². The van der Waals surface area contributed by atoms with Crippen molar-refractivity contribution in [3.05, 3.63) is 58.3 Å². The summed E-state index contributed by atoms with van der Waals surface area (Å²) < 4.78 is 0. The van der Waals surface area contributed by atoms with Gasteiger partial charge in [-0.2, -0.15) is 0 Å². The van der Waals surface area contributed by atoms with E-state index in [1.807, 2.05) is 50.4 Å². The quantitative estimate of drug-likeness (QED) is 0.761. The van der Waals surface area contributed by atoms with Gasteiger partial charge in [0.25, 0.3) is 0 Å².